The molecule has 18 heavy (non-hydrogen) atoms. The molecule has 2 aromatic rings. The predicted octanol–water partition coefficient (Wildman–Crippen LogP) is 2.11. The molecule has 0 spiro atoms. The van der Waals surface area contributed by atoms with Crippen molar-refractivity contribution in [2.24, 2.45) is 5.73 Å². The van der Waals surface area contributed by atoms with E-state index in [1.807, 2.05) is 29.6 Å². The number of carbonyl (C=O) groups is 1. The van der Waals surface area contributed by atoms with Gasteiger partial charge in [0, 0.05) is 0 Å². The summed E-state index contributed by atoms with van der Waals surface area (Å²) in [6.07, 6.45) is 0. The van der Waals surface area contributed by atoms with Crippen LogP contribution in [-0.4, -0.2) is 22.8 Å². The number of aromatic carboxylic acids is 1. The Kier molecular flexibility index (Phi) is 3.76. The molecule has 0 unspecified atom stereocenters. The van der Waals surface area contributed by atoms with Crippen molar-refractivity contribution >= 4 is 17.3 Å². The maximum absolute atomic E-state index is 10.8. The Bertz CT molecular complexity index is 548. The van der Waals surface area contributed by atoms with Gasteiger partial charge in [-0.2, -0.15) is 0 Å². The van der Waals surface area contributed by atoms with Gasteiger partial charge in [0.2, 0.25) is 0 Å². The molecule has 1 aromatic carbocycles. The fraction of sp³-hybridized carbons (Fsp3) is 0.154. The first kappa shape index (κ1) is 12.8. The van der Waals surface area contributed by atoms with E-state index in [0.29, 0.717) is 4.88 Å². The monoisotopic (exact) mass is 263 g/mol. The van der Waals surface area contributed by atoms with Crippen molar-refractivity contribution in [3.63, 3.8) is 0 Å². The van der Waals surface area contributed by atoms with Crippen LogP contribution in [0.5, 0.6) is 0 Å². The van der Waals surface area contributed by atoms with Crippen molar-refractivity contribution in [2.75, 3.05) is 6.61 Å². The number of carboxylic acids is 1. The summed E-state index contributed by atoms with van der Waals surface area (Å²) in [6.45, 7) is -0.0963. The number of aliphatic hydroxyl groups excluding tert-OH is 1. The van der Waals surface area contributed by atoms with Crippen molar-refractivity contribution in [1.82, 2.24) is 0 Å². The van der Waals surface area contributed by atoms with E-state index < -0.39 is 5.97 Å². The molecule has 1 heterocycles. The highest BCUT2D eigenvalue weighted by atomic mass is 32.1. The van der Waals surface area contributed by atoms with Crippen molar-refractivity contribution in [3.8, 4) is 11.1 Å². The Morgan fingerprint density at radius 1 is 1.28 bits per heavy atom. The zero-order valence-electron chi connectivity index (χ0n) is 9.54. The summed E-state index contributed by atoms with van der Waals surface area (Å²) in [4.78, 5) is 11.1. The van der Waals surface area contributed by atoms with Crippen LogP contribution < -0.4 is 5.73 Å². The molecule has 5 heteroatoms. The number of nitrogens with two attached hydrogens (primary N) is 1. The Morgan fingerprint density at radius 2 is 1.94 bits per heavy atom. The molecule has 0 fully saturated rings. The summed E-state index contributed by atoms with van der Waals surface area (Å²) in [6, 6.07) is 8.70. The van der Waals surface area contributed by atoms with Crippen molar-refractivity contribution in [3.05, 3.63) is 46.2 Å². The number of aliphatic hydroxyl groups is 1. The summed E-state index contributed by atoms with van der Waals surface area (Å²) in [7, 11) is 0. The van der Waals surface area contributed by atoms with Gasteiger partial charge in [0.1, 0.15) is 4.88 Å². The normalized spacial score (nSPS) is 12.3. The van der Waals surface area contributed by atoms with Gasteiger partial charge in [0.05, 0.1) is 12.6 Å². The minimum Gasteiger partial charge on any atom is -0.477 e. The first-order valence-corrected chi connectivity index (χ1v) is 6.28. The lowest BCUT2D eigenvalue weighted by atomic mass is 10.0. The molecule has 0 bridgehead atoms. The van der Waals surface area contributed by atoms with Crippen LogP contribution in [0, 0.1) is 0 Å². The Balaban J connectivity index is 2.25. The summed E-state index contributed by atoms with van der Waals surface area (Å²) < 4.78 is 0. The van der Waals surface area contributed by atoms with E-state index in [1.165, 1.54) is 11.3 Å². The number of benzene rings is 1. The van der Waals surface area contributed by atoms with Gasteiger partial charge in [-0.05, 0) is 28.1 Å². The van der Waals surface area contributed by atoms with Gasteiger partial charge in [-0.25, -0.2) is 4.79 Å². The van der Waals surface area contributed by atoms with Crippen LogP contribution in [0.1, 0.15) is 21.3 Å². The minimum atomic E-state index is -0.912. The van der Waals surface area contributed by atoms with Crippen LogP contribution in [0.2, 0.25) is 0 Å². The lowest BCUT2D eigenvalue weighted by molar-refractivity contribution is 0.0702. The molecule has 0 aliphatic rings. The third-order valence-corrected chi connectivity index (χ3v) is 3.60. The SMILES string of the molecule is N[C@@H](CO)c1ccc(-c2csc(C(=O)O)c2)cc1. The van der Waals surface area contributed by atoms with Gasteiger partial charge in [-0.15, -0.1) is 11.3 Å². The Hall–Kier alpha value is -1.69. The molecular formula is C13H13NO3S. The largest absolute Gasteiger partial charge is 0.477 e. The highest BCUT2D eigenvalue weighted by Crippen LogP contribution is 2.26. The van der Waals surface area contributed by atoms with Crippen LogP contribution in [0.4, 0.5) is 0 Å². The molecule has 4 nitrogen and oxygen atoms in total. The number of rotatable bonds is 4. The first-order chi connectivity index (χ1) is 8.61. The fourth-order valence-corrected chi connectivity index (χ4v) is 2.38. The Morgan fingerprint density at radius 3 is 2.44 bits per heavy atom. The zero-order valence-corrected chi connectivity index (χ0v) is 10.4. The van der Waals surface area contributed by atoms with Crippen LogP contribution in [0.3, 0.4) is 0 Å². The fourth-order valence-electron chi connectivity index (χ4n) is 1.63. The molecule has 0 saturated carbocycles. The third kappa shape index (κ3) is 2.59. The van der Waals surface area contributed by atoms with Gasteiger partial charge >= 0.3 is 5.97 Å². The molecule has 0 saturated heterocycles. The minimum absolute atomic E-state index is 0.0963. The Labute approximate surface area is 108 Å². The highest BCUT2D eigenvalue weighted by molar-refractivity contribution is 7.12. The predicted molar refractivity (Wildman–Crippen MR) is 70.7 cm³/mol. The summed E-state index contributed by atoms with van der Waals surface area (Å²) >= 11 is 1.20. The van der Waals surface area contributed by atoms with E-state index in [1.54, 1.807) is 6.07 Å². The highest BCUT2D eigenvalue weighted by Gasteiger charge is 2.09. The van der Waals surface area contributed by atoms with E-state index in [2.05, 4.69) is 0 Å². The number of thiophene rings is 1. The van der Waals surface area contributed by atoms with E-state index in [4.69, 9.17) is 15.9 Å². The van der Waals surface area contributed by atoms with Crippen LogP contribution in [0.25, 0.3) is 11.1 Å². The molecule has 0 amide bonds. The molecule has 1 aromatic heterocycles. The average molecular weight is 263 g/mol. The van der Waals surface area contributed by atoms with Crippen molar-refractivity contribution in [1.29, 1.82) is 0 Å². The quantitative estimate of drug-likeness (QED) is 0.788. The molecule has 4 N–H and O–H groups in total. The third-order valence-electron chi connectivity index (χ3n) is 2.68. The lowest BCUT2D eigenvalue weighted by Gasteiger charge is -2.08. The second-order valence-electron chi connectivity index (χ2n) is 3.92. The molecule has 0 radical (unpaired) electrons. The van der Waals surface area contributed by atoms with Crippen molar-refractivity contribution in [2.45, 2.75) is 6.04 Å². The van der Waals surface area contributed by atoms with Crippen LogP contribution >= 0.6 is 11.3 Å². The lowest BCUT2D eigenvalue weighted by Crippen LogP contribution is -2.14. The van der Waals surface area contributed by atoms with E-state index in [0.717, 1.165) is 16.7 Å². The standard InChI is InChI=1S/C13H13NO3S/c14-11(6-15)9-3-1-8(2-4-9)10-5-12(13(16)17)18-7-10/h1-5,7,11,15H,6,14H2,(H,16,17)/t11-/m0/s1. The maximum atomic E-state index is 10.8. The van der Waals surface area contributed by atoms with E-state index in [-0.39, 0.29) is 12.6 Å². The van der Waals surface area contributed by atoms with Crippen LogP contribution in [0.15, 0.2) is 35.7 Å². The molecule has 1 atom stereocenters. The zero-order chi connectivity index (χ0) is 13.1. The second-order valence-corrected chi connectivity index (χ2v) is 4.83. The van der Waals surface area contributed by atoms with Crippen molar-refractivity contribution < 1.29 is 15.0 Å². The first-order valence-electron chi connectivity index (χ1n) is 5.40. The van der Waals surface area contributed by atoms with Gasteiger partial charge in [0.25, 0.3) is 0 Å². The van der Waals surface area contributed by atoms with E-state index in [9.17, 15) is 4.79 Å². The van der Waals surface area contributed by atoms with Crippen LogP contribution in [-0.2, 0) is 0 Å². The maximum Gasteiger partial charge on any atom is 0.345 e. The summed E-state index contributed by atoms with van der Waals surface area (Å²) in [5.41, 5.74) is 8.37. The molecule has 0 aliphatic carbocycles. The smallest absolute Gasteiger partial charge is 0.345 e. The number of carboxylic acid groups (broad SMARTS) is 1. The summed E-state index contributed by atoms with van der Waals surface area (Å²) in [5, 5.41) is 19.6. The molecular weight excluding hydrogens is 250 g/mol. The van der Waals surface area contributed by atoms with Gasteiger partial charge < -0.3 is 15.9 Å². The van der Waals surface area contributed by atoms with E-state index >= 15 is 0 Å². The van der Waals surface area contributed by atoms with Gasteiger partial charge in [-0.3, -0.25) is 0 Å². The number of hydrogen-bond acceptors (Lipinski definition) is 4. The average Bonchev–Trinajstić information content (AvgIpc) is 2.88. The summed E-state index contributed by atoms with van der Waals surface area (Å²) in [5.74, 6) is -0.912. The molecule has 0 aliphatic heterocycles. The molecule has 94 valence electrons. The van der Waals surface area contributed by atoms with Gasteiger partial charge in [0.15, 0.2) is 0 Å². The molecule has 2 rings (SSSR count). The second kappa shape index (κ2) is 5.30. The topological polar surface area (TPSA) is 83.5 Å². The number of hydrogen-bond donors (Lipinski definition) is 3. The van der Waals surface area contributed by atoms with Gasteiger partial charge in [-0.1, -0.05) is 24.3 Å².